The Kier molecular flexibility index (Phi) is 6.62. The number of methoxy groups -OCH3 is 1. The third kappa shape index (κ3) is 5.71. The molecule has 1 saturated carbocycles. The number of pyridine rings is 1. The molecule has 6 nitrogen and oxygen atoms in total. The van der Waals surface area contributed by atoms with E-state index in [2.05, 4.69) is 10.3 Å². The minimum Gasteiger partial charge on any atom is -0.465 e. The van der Waals surface area contributed by atoms with Crippen LogP contribution in [0.25, 0.3) is 0 Å². The van der Waals surface area contributed by atoms with Crippen molar-refractivity contribution in [1.29, 1.82) is 0 Å². The Hall–Kier alpha value is -2.11. The largest absolute Gasteiger partial charge is 0.465 e. The number of rotatable bonds is 4. The van der Waals surface area contributed by atoms with Crippen molar-refractivity contribution >= 4 is 12.1 Å². The summed E-state index contributed by atoms with van der Waals surface area (Å²) in [7, 11) is 1.38. The van der Waals surface area contributed by atoms with E-state index in [0.29, 0.717) is 11.5 Å². The smallest absolute Gasteiger partial charge is 0.407 e. The van der Waals surface area contributed by atoms with Gasteiger partial charge in [-0.3, -0.25) is 4.98 Å². The van der Waals surface area contributed by atoms with Gasteiger partial charge in [-0.2, -0.15) is 0 Å². The highest BCUT2D eigenvalue weighted by Gasteiger charge is 2.25. The van der Waals surface area contributed by atoms with Crippen molar-refractivity contribution in [3.05, 3.63) is 29.1 Å². The van der Waals surface area contributed by atoms with E-state index in [9.17, 15) is 9.59 Å². The Labute approximate surface area is 155 Å². The van der Waals surface area contributed by atoms with Crippen LogP contribution in [0.2, 0.25) is 0 Å². The van der Waals surface area contributed by atoms with Gasteiger partial charge in [-0.15, -0.1) is 0 Å². The van der Waals surface area contributed by atoms with Gasteiger partial charge in [0.1, 0.15) is 5.60 Å². The van der Waals surface area contributed by atoms with Gasteiger partial charge in [0.15, 0.2) is 0 Å². The Bertz CT molecular complexity index is 644. The van der Waals surface area contributed by atoms with Crippen LogP contribution in [0.5, 0.6) is 0 Å². The number of hydrogen-bond donors (Lipinski definition) is 1. The number of nitrogens with one attached hydrogen (secondary N) is 1. The van der Waals surface area contributed by atoms with E-state index < -0.39 is 5.60 Å². The summed E-state index contributed by atoms with van der Waals surface area (Å²) in [6.07, 6.45) is 7.89. The van der Waals surface area contributed by atoms with Crippen molar-refractivity contribution in [1.82, 2.24) is 10.3 Å². The second-order valence-electron chi connectivity index (χ2n) is 8.03. The molecule has 0 atom stereocenters. The number of carbonyl (C=O) groups excluding carboxylic acids is 2. The number of nitrogens with zero attached hydrogens (tertiary/aromatic N) is 1. The van der Waals surface area contributed by atoms with Crippen molar-refractivity contribution in [2.75, 3.05) is 7.11 Å². The Morgan fingerprint density at radius 3 is 2.42 bits per heavy atom. The first-order valence-electron chi connectivity index (χ1n) is 9.21. The second kappa shape index (κ2) is 8.52. The SMILES string of the molecule is COC(=O)c1cncc(CC2CCC(NC(=O)OC(C)(C)C)CC2)c1C. The Balaban J connectivity index is 1.88. The molecule has 0 aliphatic heterocycles. The normalized spacial score (nSPS) is 20.3. The second-order valence-corrected chi connectivity index (χ2v) is 8.03. The number of hydrogen-bond acceptors (Lipinski definition) is 5. The van der Waals surface area contributed by atoms with Gasteiger partial charge >= 0.3 is 12.1 Å². The Morgan fingerprint density at radius 1 is 1.19 bits per heavy atom. The fourth-order valence-electron chi connectivity index (χ4n) is 3.39. The van der Waals surface area contributed by atoms with Crippen LogP contribution in [0.4, 0.5) is 4.79 Å². The van der Waals surface area contributed by atoms with Gasteiger partial charge in [0, 0.05) is 18.4 Å². The minimum absolute atomic E-state index is 0.168. The van der Waals surface area contributed by atoms with Crippen molar-refractivity contribution < 1.29 is 19.1 Å². The number of aromatic nitrogens is 1. The van der Waals surface area contributed by atoms with Crippen LogP contribution in [0, 0.1) is 12.8 Å². The summed E-state index contributed by atoms with van der Waals surface area (Å²) in [5.74, 6) is 0.183. The molecule has 1 aliphatic rings. The van der Waals surface area contributed by atoms with Crippen molar-refractivity contribution in [2.24, 2.45) is 5.92 Å². The number of esters is 1. The zero-order chi connectivity index (χ0) is 19.3. The molecule has 0 aromatic carbocycles. The fraction of sp³-hybridized carbons (Fsp3) is 0.650. The number of alkyl carbamates (subject to hydrolysis) is 1. The summed E-state index contributed by atoms with van der Waals surface area (Å²) in [5.41, 5.74) is 2.10. The van der Waals surface area contributed by atoms with Crippen LogP contribution in [0.15, 0.2) is 12.4 Å². The third-order valence-electron chi connectivity index (χ3n) is 4.80. The van der Waals surface area contributed by atoms with Gasteiger partial charge in [0.25, 0.3) is 0 Å². The number of carbonyl (C=O) groups is 2. The molecule has 26 heavy (non-hydrogen) atoms. The molecule has 1 heterocycles. The summed E-state index contributed by atoms with van der Waals surface area (Å²) < 4.78 is 10.1. The van der Waals surface area contributed by atoms with E-state index in [0.717, 1.165) is 43.2 Å². The molecule has 6 heteroatoms. The lowest BCUT2D eigenvalue weighted by Gasteiger charge is -2.30. The predicted molar refractivity (Wildman–Crippen MR) is 99.1 cm³/mol. The minimum atomic E-state index is -0.476. The summed E-state index contributed by atoms with van der Waals surface area (Å²) in [6, 6.07) is 0.168. The maximum absolute atomic E-state index is 11.9. The summed E-state index contributed by atoms with van der Waals surface area (Å²) >= 11 is 0. The first kappa shape index (κ1) is 20.2. The van der Waals surface area contributed by atoms with Crippen molar-refractivity contribution in [2.45, 2.75) is 71.4 Å². The van der Waals surface area contributed by atoms with Crippen LogP contribution in [0.3, 0.4) is 0 Å². The highest BCUT2D eigenvalue weighted by atomic mass is 16.6. The van der Waals surface area contributed by atoms with Crippen LogP contribution >= 0.6 is 0 Å². The molecular formula is C20H30N2O4. The van der Waals surface area contributed by atoms with E-state index in [1.165, 1.54) is 7.11 Å². The predicted octanol–water partition coefficient (Wildman–Crippen LogP) is 3.80. The lowest BCUT2D eigenvalue weighted by atomic mass is 9.82. The summed E-state index contributed by atoms with van der Waals surface area (Å²) in [4.78, 5) is 27.9. The highest BCUT2D eigenvalue weighted by molar-refractivity contribution is 5.90. The fourth-order valence-corrected chi connectivity index (χ4v) is 3.39. The monoisotopic (exact) mass is 362 g/mol. The maximum Gasteiger partial charge on any atom is 0.407 e. The van der Waals surface area contributed by atoms with Crippen molar-refractivity contribution in [3.8, 4) is 0 Å². The van der Waals surface area contributed by atoms with Gasteiger partial charge in [0.2, 0.25) is 0 Å². The quantitative estimate of drug-likeness (QED) is 0.824. The van der Waals surface area contributed by atoms with Gasteiger partial charge in [-0.25, -0.2) is 9.59 Å². The van der Waals surface area contributed by atoms with Crippen LogP contribution in [-0.2, 0) is 15.9 Å². The number of ether oxygens (including phenoxy) is 2. The third-order valence-corrected chi connectivity index (χ3v) is 4.80. The molecule has 1 aromatic rings. The molecule has 1 amide bonds. The van der Waals surface area contributed by atoms with Crippen LogP contribution in [-0.4, -0.2) is 35.8 Å². The molecule has 0 spiro atoms. The molecule has 1 fully saturated rings. The average molecular weight is 362 g/mol. The lowest BCUT2D eigenvalue weighted by Crippen LogP contribution is -2.41. The first-order chi connectivity index (χ1) is 12.2. The van der Waals surface area contributed by atoms with Crippen molar-refractivity contribution in [3.63, 3.8) is 0 Å². The number of amides is 1. The van der Waals surface area contributed by atoms with Gasteiger partial charge in [-0.1, -0.05) is 0 Å². The standard InChI is InChI=1S/C20H30N2O4/c1-13-15(11-21-12-17(13)18(23)25-5)10-14-6-8-16(9-7-14)22-19(24)26-20(2,3)4/h11-12,14,16H,6-10H2,1-5H3,(H,22,24). The van der Waals surface area contributed by atoms with Gasteiger partial charge in [0.05, 0.1) is 12.7 Å². The zero-order valence-corrected chi connectivity index (χ0v) is 16.4. The molecule has 0 saturated heterocycles. The lowest BCUT2D eigenvalue weighted by molar-refractivity contribution is 0.0486. The average Bonchev–Trinajstić information content (AvgIpc) is 2.56. The van der Waals surface area contributed by atoms with Gasteiger partial charge < -0.3 is 14.8 Å². The molecule has 1 N–H and O–H groups in total. The molecule has 2 rings (SSSR count). The summed E-state index contributed by atoms with van der Waals surface area (Å²) in [5, 5.41) is 2.97. The van der Waals surface area contributed by atoms with E-state index in [1.807, 2.05) is 33.9 Å². The van der Waals surface area contributed by atoms with E-state index in [1.54, 1.807) is 6.20 Å². The van der Waals surface area contributed by atoms with Crippen LogP contribution in [0.1, 0.15) is 67.9 Å². The van der Waals surface area contributed by atoms with E-state index in [-0.39, 0.29) is 18.1 Å². The highest BCUT2D eigenvalue weighted by Crippen LogP contribution is 2.29. The van der Waals surface area contributed by atoms with E-state index in [4.69, 9.17) is 9.47 Å². The molecule has 0 unspecified atom stereocenters. The zero-order valence-electron chi connectivity index (χ0n) is 16.4. The van der Waals surface area contributed by atoms with Crippen LogP contribution < -0.4 is 5.32 Å². The molecule has 0 bridgehead atoms. The Morgan fingerprint density at radius 2 is 1.85 bits per heavy atom. The maximum atomic E-state index is 11.9. The summed E-state index contributed by atoms with van der Waals surface area (Å²) in [6.45, 7) is 7.53. The molecule has 1 aromatic heterocycles. The van der Waals surface area contributed by atoms with Gasteiger partial charge in [-0.05, 0) is 76.8 Å². The molecule has 0 radical (unpaired) electrons. The first-order valence-corrected chi connectivity index (χ1v) is 9.21. The molecule has 1 aliphatic carbocycles. The topological polar surface area (TPSA) is 77.5 Å². The molecular weight excluding hydrogens is 332 g/mol. The molecule has 144 valence electrons. The van der Waals surface area contributed by atoms with E-state index >= 15 is 0 Å².